The number of anilines is 1. The molecular formula is C19H18N6S. The normalized spacial score (nSPS) is 13.3. The summed E-state index contributed by atoms with van der Waals surface area (Å²) in [6, 6.07) is 10.4. The minimum Gasteiger partial charge on any atom is -0.362 e. The Morgan fingerprint density at radius 1 is 1.15 bits per heavy atom. The second kappa shape index (κ2) is 6.17. The van der Waals surface area contributed by atoms with Crippen molar-refractivity contribution in [1.29, 1.82) is 0 Å². The van der Waals surface area contributed by atoms with Gasteiger partial charge in [0.2, 0.25) is 0 Å². The highest BCUT2D eigenvalue weighted by Crippen LogP contribution is 2.37. The van der Waals surface area contributed by atoms with E-state index >= 15 is 0 Å². The number of hydrogen-bond acceptors (Lipinski definition) is 6. The standard InChI is InChI=1S/C19H18N6S/c1-12-21-18(20-10-16-24-23-15-8-5-9-25(15)16)17-14(11-26-19(17)22-12)13-6-3-2-4-7-13/h2-4,6-7,11H,5,8-10H2,1H3,(H,20,21,22). The fraction of sp³-hybridized carbons (Fsp3) is 0.263. The van der Waals surface area contributed by atoms with Gasteiger partial charge >= 0.3 is 0 Å². The van der Waals surface area contributed by atoms with Gasteiger partial charge in [0, 0.05) is 23.9 Å². The number of fused-ring (bicyclic) bond motifs is 2. The van der Waals surface area contributed by atoms with Crippen LogP contribution < -0.4 is 5.32 Å². The van der Waals surface area contributed by atoms with Gasteiger partial charge in [-0.2, -0.15) is 0 Å². The van der Waals surface area contributed by atoms with E-state index in [2.05, 4.69) is 59.7 Å². The van der Waals surface area contributed by atoms with E-state index in [9.17, 15) is 0 Å². The Kier molecular flexibility index (Phi) is 3.67. The maximum atomic E-state index is 4.68. The van der Waals surface area contributed by atoms with Gasteiger partial charge in [-0.1, -0.05) is 30.3 Å². The molecule has 0 atom stereocenters. The van der Waals surface area contributed by atoms with Crippen LogP contribution in [0.5, 0.6) is 0 Å². The third kappa shape index (κ3) is 2.55. The molecule has 0 spiro atoms. The van der Waals surface area contributed by atoms with Gasteiger partial charge in [-0.15, -0.1) is 21.5 Å². The minimum absolute atomic E-state index is 0.614. The van der Waals surface area contributed by atoms with Crippen molar-refractivity contribution in [3.63, 3.8) is 0 Å². The molecule has 0 amide bonds. The van der Waals surface area contributed by atoms with Crippen LogP contribution in [0.2, 0.25) is 0 Å². The molecule has 4 heterocycles. The van der Waals surface area contributed by atoms with Gasteiger partial charge in [-0.25, -0.2) is 9.97 Å². The Balaban J connectivity index is 1.55. The zero-order valence-corrected chi connectivity index (χ0v) is 15.3. The maximum absolute atomic E-state index is 4.68. The second-order valence-corrected chi connectivity index (χ2v) is 7.31. The van der Waals surface area contributed by atoms with Crippen LogP contribution >= 0.6 is 11.3 Å². The van der Waals surface area contributed by atoms with Crippen LogP contribution in [0.4, 0.5) is 5.82 Å². The number of nitrogens with one attached hydrogen (secondary N) is 1. The zero-order valence-electron chi connectivity index (χ0n) is 14.4. The van der Waals surface area contributed by atoms with Gasteiger partial charge in [0.25, 0.3) is 0 Å². The Hall–Kier alpha value is -2.80. The number of hydrogen-bond donors (Lipinski definition) is 1. The molecule has 1 aromatic carbocycles. The van der Waals surface area contributed by atoms with E-state index in [-0.39, 0.29) is 0 Å². The van der Waals surface area contributed by atoms with Crippen molar-refractivity contribution < 1.29 is 0 Å². The first kappa shape index (κ1) is 15.5. The lowest BCUT2D eigenvalue weighted by atomic mass is 10.1. The summed E-state index contributed by atoms with van der Waals surface area (Å²) in [7, 11) is 0. The summed E-state index contributed by atoms with van der Waals surface area (Å²) in [6.45, 7) is 3.55. The summed E-state index contributed by atoms with van der Waals surface area (Å²) in [4.78, 5) is 10.3. The quantitative estimate of drug-likeness (QED) is 0.598. The molecule has 6 nitrogen and oxygen atoms in total. The number of aromatic nitrogens is 5. The van der Waals surface area contributed by atoms with Crippen molar-refractivity contribution >= 4 is 27.4 Å². The molecule has 0 bridgehead atoms. The van der Waals surface area contributed by atoms with Crippen LogP contribution in [0, 0.1) is 6.92 Å². The van der Waals surface area contributed by atoms with E-state index in [1.165, 1.54) is 11.1 Å². The Labute approximate surface area is 155 Å². The number of aryl methyl sites for hydroxylation is 2. The average molecular weight is 362 g/mol. The van der Waals surface area contributed by atoms with Crippen LogP contribution in [0.1, 0.15) is 23.9 Å². The van der Waals surface area contributed by atoms with Crippen LogP contribution in [-0.4, -0.2) is 24.7 Å². The lowest BCUT2D eigenvalue weighted by Gasteiger charge is -2.10. The molecule has 7 heteroatoms. The molecule has 0 aliphatic carbocycles. The molecule has 0 radical (unpaired) electrons. The van der Waals surface area contributed by atoms with E-state index < -0.39 is 0 Å². The molecule has 3 aromatic heterocycles. The lowest BCUT2D eigenvalue weighted by molar-refractivity contribution is 0.695. The first-order valence-corrected chi connectivity index (χ1v) is 9.63. The minimum atomic E-state index is 0.614. The van der Waals surface area contributed by atoms with E-state index in [1.807, 2.05) is 13.0 Å². The fourth-order valence-electron chi connectivity index (χ4n) is 3.51. The topological polar surface area (TPSA) is 68.5 Å². The predicted molar refractivity (Wildman–Crippen MR) is 103 cm³/mol. The number of rotatable bonds is 4. The van der Waals surface area contributed by atoms with Gasteiger partial charge in [-0.3, -0.25) is 0 Å². The molecular weight excluding hydrogens is 344 g/mol. The summed E-state index contributed by atoms with van der Waals surface area (Å²) in [5.41, 5.74) is 2.34. The third-order valence-corrected chi connectivity index (χ3v) is 5.60. The Bertz CT molecular complexity index is 1080. The van der Waals surface area contributed by atoms with Gasteiger partial charge in [0.15, 0.2) is 5.82 Å². The first-order valence-electron chi connectivity index (χ1n) is 8.75. The second-order valence-electron chi connectivity index (χ2n) is 6.46. The van der Waals surface area contributed by atoms with Crippen molar-refractivity contribution in [2.24, 2.45) is 0 Å². The molecule has 0 fully saturated rings. The first-order chi connectivity index (χ1) is 12.8. The molecule has 1 aliphatic rings. The molecule has 0 saturated heterocycles. The Morgan fingerprint density at radius 2 is 2.04 bits per heavy atom. The fourth-order valence-corrected chi connectivity index (χ4v) is 4.50. The third-order valence-electron chi connectivity index (χ3n) is 4.73. The number of thiophene rings is 1. The average Bonchev–Trinajstić information content (AvgIpc) is 3.36. The lowest BCUT2D eigenvalue weighted by Crippen LogP contribution is -2.09. The van der Waals surface area contributed by atoms with E-state index in [0.29, 0.717) is 6.54 Å². The molecule has 0 unspecified atom stereocenters. The highest BCUT2D eigenvalue weighted by Gasteiger charge is 2.18. The van der Waals surface area contributed by atoms with Gasteiger partial charge in [0.05, 0.1) is 11.9 Å². The summed E-state index contributed by atoms with van der Waals surface area (Å²) in [5.74, 6) is 3.70. The van der Waals surface area contributed by atoms with Gasteiger partial charge < -0.3 is 9.88 Å². The maximum Gasteiger partial charge on any atom is 0.152 e. The number of nitrogens with zero attached hydrogens (tertiary/aromatic N) is 5. The highest BCUT2D eigenvalue weighted by molar-refractivity contribution is 7.17. The Morgan fingerprint density at radius 3 is 2.92 bits per heavy atom. The van der Waals surface area contributed by atoms with Crippen LogP contribution in [0.3, 0.4) is 0 Å². The predicted octanol–water partition coefficient (Wildman–Crippen LogP) is 3.82. The molecule has 0 saturated carbocycles. The molecule has 130 valence electrons. The monoisotopic (exact) mass is 362 g/mol. The van der Waals surface area contributed by atoms with Crippen molar-refractivity contribution in [2.45, 2.75) is 32.9 Å². The van der Waals surface area contributed by atoms with E-state index in [4.69, 9.17) is 0 Å². The zero-order chi connectivity index (χ0) is 17.5. The van der Waals surface area contributed by atoms with Crippen LogP contribution in [0.15, 0.2) is 35.7 Å². The summed E-state index contributed by atoms with van der Waals surface area (Å²) in [6.07, 6.45) is 2.17. The van der Waals surface area contributed by atoms with E-state index in [1.54, 1.807) is 11.3 Å². The highest BCUT2D eigenvalue weighted by atomic mass is 32.1. The molecule has 4 aromatic rings. The van der Waals surface area contributed by atoms with Crippen LogP contribution in [-0.2, 0) is 19.5 Å². The molecule has 1 aliphatic heterocycles. The largest absolute Gasteiger partial charge is 0.362 e. The van der Waals surface area contributed by atoms with Crippen molar-refractivity contribution in [3.05, 3.63) is 53.2 Å². The summed E-state index contributed by atoms with van der Waals surface area (Å²) >= 11 is 1.66. The molecule has 26 heavy (non-hydrogen) atoms. The summed E-state index contributed by atoms with van der Waals surface area (Å²) in [5, 5.41) is 15.3. The number of benzene rings is 1. The van der Waals surface area contributed by atoms with Gasteiger partial charge in [0.1, 0.15) is 22.3 Å². The van der Waals surface area contributed by atoms with E-state index in [0.717, 1.165) is 52.9 Å². The summed E-state index contributed by atoms with van der Waals surface area (Å²) < 4.78 is 2.21. The smallest absolute Gasteiger partial charge is 0.152 e. The molecule has 1 N–H and O–H groups in total. The van der Waals surface area contributed by atoms with Crippen molar-refractivity contribution in [2.75, 3.05) is 5.32 Å². The van der Waals surface area contributed by atoms with Crippen molar-refractivity contribution in [3.8, 4) is 11.1 Å². The SMILES string of the molecule is Cc1nc(NCc2nnc3n2CCC3)c2c(-c3ccccc3)csc2n1. The van der Waals surface area contributed by atoms with Gasteiger partial charge in [-0.05, 0) is 18.9 Å². The molecule has 5 rings (SSSR count). The van der Waals surface area contributed by atoms with Crippen molar-refractivity contribution in [1.82, 2.24) is 24.7 Å². The van der Waals surface area contributed by atoms with Crippen LogP contribution in [0.25, 0.3) is 21.3 Å².